The molecule has 7 N–H and O–H groups in total. The summed E-state index contributed by atoms with van der Waals surface area (Å²) < 4.78 is 0. The molecule has 2 amide bonds. The molecular formula is C20H26N4O2S2. The topological polar surface area (TPSA) is 124 Å². The van der Waals surface area contributed by atoms with Gasteiger partial charge in [-0.05, 0) is 29.7 Å². The van der Waals surface area contributed by atoms with Gasteiger partial charge in [0.05, 0.1) is 6.04 Å². The third kappa shape index (κ3) is 7.93. The van der Waals surface area contributed by atoms with E-state index >= 15 is 0 Å². The normalized spacial score (nSPS) is 12.9. The van der Waals surface area contributed by atoms with Crippen LogP contribution in [0.25, 0.3) is 0 Å². The highest BCUT2D eigenvalue weighted by atomic mass is 33.1. The lowest BCUT2D eigenvalue weighted by Gasteiger charge is -2.14. The summed E-state index contributed by atoms with van der Waals surface area (Å²) in [7, 11) is 3.17. The average Bonchev–Trinajstić information content (AvgIpc) is 2.70. The average molecular weight is 419 g/mol. The maximum absolute atomic E-state index is 12.1. The highest BCUT2D eigenvalue weighted by Crippen LogP contribution is 2.23. The number of rotatable bonds is 11. The number of nitrogens with one attached hydrogen (secondary N) is 1. The highest BCUT2D eigenvalue weighted by molar-refractivity contribution is 8.76. The molecule has 0 heterocycles. The van der Waals surface area contributed by atoms with Crippen molar-refractivity contribution in [1.29, 1.82) is 0 Å². The number of carbonyl (C=O) groups is 2. The first-order chi connectivity index (χ1) is 13.5. The van der Waals surface area contributed by atoms with Gasteiger partial charge in [-0.25, -0.2) is 0 Å². The Bertz CT molecular complexity index is 774. The van der Waals surface area contributed by atoms with Crippen LogP contribution in [0.2, 0.25) is 0 Å². The zero-order chi connectivity index (χ0) is 20.4. The summed E-state index contributed by atoms with van der Waals surface area (Å²) in [5.74, 6) is 0.555. The van der Waals surface area contributed by atoms with Gasteiger partial charge in [0.2, 0.25) is 11.8 Å². The number of amides is 2. The molecule has 0 spiro atoms. The third-order valence-electron chi connectivity index (χ3n) is 3.97. The molecule has 0 aliphatic carbocycles. The van der Waals surface area contributed by atoms with E-state index in [4.69, 9.17) is 17.2 Å². The molecule has 8 heteroatoms. The van der Waals surface area contributed by atoms with Crippen molar-refractivity contribution in [1.82, 2.24) is 5.32 Å². The van der Waals surface area contributed by atoms with Crippen LogP contribution in [0, 0.1) is 0 Å². The fourth-order valence-electron chi connectivity index (χ4n) is 2.46. The Morgan fingerprint density at radius 1 is 0.929 bits per heavy atom. The van der Waals surface area contributed by atoms with Crippen LogP contribution in [-0.2, 0) is 17.8 Å². The smallest absolute Gasteiger partial charge is 0.248 e. The van der Waals surface area contributed by atoms with Crippen molar-refractivity contribution in [3.8, 4) is 0 Å². The van der Waals surface area contributed by atoms with Crippen molar-refractivity contribution in [3.05, 3.63) is 71.3 Å². The van der Waals surface area contributed by atoms with Crippen LogP contribution in [0.4, 0.5) is 0 Å². The summed E-state index contributed by atoms with van der Waals surface area (Å²) in [6, 6.07) is 16.4. The van der Waals surface area contributed by atoms with Crippen LogP contribution < -0.4 is 22.5 Å². The predicted molar refractivity (Wildman–Crippen MR) is 118 cm³/mol. The number of hydrogen-bond acceptors (Lipinski definition) is 6. The molecule has 0 bridgehead atoms. The molecule has 2 atom stereocenters. The zero-order valence-corrected chi connectivity index (χ0v) is 17.2. The molecule has 0 aromatic heterocycles. The van der Waals surface area contributed by atoms with Gasteiger partial charge in [0, 0.05) is 29.7 Å². The standard InChI is InChI=1S/C20H26N4O2S2/c21-17(10-14-5-2-1-3-6-14)12-27-28-13-18(22)20(26)24-11-15-7-4-8-16(9-15)19(23)25/h1-9,17-18H,10-13,21-22H2,(H2,23,25)(H,24,26). The van der Waals surface area contributed by atoms with E-state index in [-0.39, 0.29) is 11.9 Å². The molecular weight excluding hydrogens is 392 g/mol. The lowest BCUT2D eigenvalue weighted by Crippen LogP contribution is -2.41. The quantitative estimate of drug-likeness (QED) is 0.325. The fourth-order valence-corrected chi connectivity index (χ4v) is 4.79. The molecule has 0 aliphatic rings. The second-order valence-corrected chi connectivity index (χ2v) is 8.96. The summed E-state index contributed by atoms with van der Waals surface area (Å²) in [5.41, 5.74) is 19.8. The lowest BCUT2D eigenvalue weighted by molar-refractivity contribution is -0.122. The van der Waals surface area contributed by atoms with E-state index < -0.39 is 11.9 Å². The first-order valence-corrected chi connectivity index (χ1v) is 11.4. The van der Waals surface area contributed by atoms with Crippen LogP contribution in [0.15, 0.2) is 54.6 Å². The van der Waals surface area contributed by atoms with Crippen LogP contribution in [-0.4, -0.2) is 35.4 Å². The fraction of sp³-hybridized carbons (Fsp3) is 0.300. The maximum Gasteiger partial charge on any atom is 0.248 e. The molecule has 0 radical (unpaired) electrons. The molecule has 0 fully saturated rings. The number of carbonyl (C=O) groups excluding carboxylic acids is 2. The van der Waals surface area contributed by atoms with Gasteiger partial charge < -0.3 is 22.5 Å². The lowest BCUT2D eigenvalue weighted by atomic mass is 10.1. The van der Waals surface area contributed by atoms with Gasteiger partial charge in [0.25, 0.3) is 0 Å². The molecule has 2 rings (SSSR count). The Balaban J connectivity index is 1.64. The number of nitrogens with two attached hydrogens (primary N) is 3. The van der Waals surface area contributed by atoms with E-state index in [0.29, 0.717) is 17.9 Å². The first kappa shape index (κ1) is 22.3. The molecule has 28 heavy (non-hydrogen) atoms. The van der Waals surface area contributed by atoms with Gasteiger partial charge in [-0.1, -0.05) is 64.1 Å². The van der Waals surface area contributed by atoms with E-state index in [0.717, 1.165) is 17.7 Å². The molecule has 2 unspecified atom stereocenters. The number of primary amides is 1. The number of hydrogen-bond donors (Lipinski definition) is 4. The third-order valence-corrected chi connectivity index (χ3v) is 6.51. The maximum atomic E-state index is 12.1. The van der Waals surface area contributed by atoms with Gasteiger partial charge >= 0.3 is 0 Å². The van der Waals surface area contributed by atoms with E-state index in [9.17, 15) is 9.59 Å². The summed E-state index contributed by atoms with van der Waals surface area (Å²) in [6.45, 7) is 0.299. The molecule has 0 saturated heterocycles. The van der Waals surface area contributed by atoms with Crippen molar-refractivity contribution >= 4 is 33.4 Å². The van der Waals surface area contributed by atoms with E-state index in [1.165, 1.54) is 5.56 Å². The van der Waals surface area contributed by atoms with Crippen molar-refractivity contribution < 1.29 is 9.59 Å². The Kier molecular flexibility index (Phi) is 9.36. The Labute approximate surface area is 173 Å². The molecule has 2 aromatic rings. The summed E-state index contributed by atoms with van der Waals surface area (Å²) in [5, 5.41) is 2.78. The Morgan fingerprint density at radius 3 is 2.32 bits per heavy atom. The minimum absolute atomic E-state index is 0.0579. The minimum atomic E-state index is -0.609. The summed E-state index contributed by atoms with van der Waals surface area (Å²) >= 11 is 0. The summed E-state index contributed by atoms with van der Waals surface area (Å²) in [4.78, 5) is 23.3. The Hall–Kier alpha value is -2.00. The zero-order valence-electron chi connectivity index (χ0n) is 15.5. The molecule has 0 aliphatic heterocycles. The van der Waals surface area contributed by atoms with Crippen LogP contribution in [0.5, 0.6) is 0 Å². The molecule has 150 valence electrons. The molecule has 6 nitrogen and oxygen atoms in total. The van der Waals surface area contributed by atoms with Gasteiger partial charge in [0.15, 0.2) is 0 Å². The van der Waals surface area contributed by atoms with Crippen molar-refractivity contribution in [2.75, 3.05) is 11.5 Å². The van der Waals surface area contributed by atoms with Crippen LogP contribution >= 0.6 is 21.6 Å². The highest BCUT2D eigenvalue weighted by Gasteiger charge is 2.14. The van der Waals surface area contributed by atoms with E-state index in [1.54, 1.807) is 39.8 Å². The van der Waals surface area contributed by atoms with Gasteiger partial charge in [0.1, 0.15) is 0 Å². The minimum Gasteiger partial charge on any atom is -0.366 e. The Morgan fingerprint density at radius 2 is 1.61 bits per heavy atom. The van der Waals surface area contributed by atoms with Gasteiger partial charge in [-0.15, -0.1) is 0 Å². The second kappa shape index (κ2) is 11.8. The van der Waals surface area contributed by atoms with Crippen LogP contribution in [0.1, 0.15) is 21.5 Å². The van der Waals surface area contributed by atoms with Gasteiger partial charge in [-0.3, -0.25) is 9.59 Å². The first-order valence-electron chi connectivity index (χ1n) is 8.91. The molecule has 0 saturated carbocycles. The SMILES string of the molecule is NC(=O)c1cccc(CNC(=O)C(N)CSSCC(N)Cc2ccccc2)c1. The van der Waals surface area contributed by atoms with Crippen LogP contribution in [0.3, 0.4) is 0 Å². The monoisotopic (exact) mass is 418 g/mol. The van der Waals surface area contributed by atoms with Crippen molar-refractivity contribution in [2.45, 2.75) is 25.0 Å². The van der Waals surface area contributed by atoms with Gasteiger partial charge in [-0.2, -0.15) is 0 Å². The molecule has 2 aromatic carbocycles. The van der Waals surface area contributed by atoms with Crippen molar-refractivity contribution in [3.63, 3.8) is 0 Å². The largest absolute Gasteiger partial charge is 0.366 e. The second-order valence-electron chi connectivity index (χ2n) is 6.41. The predicted octanol–water partition coefficient (Wildman–Crippen LogP) is 1.68. The summed E-state index contributed by atoms with van der Waals surface area (Å²) in [6.07, 6.45) is 0.825. The van der Waals surface area contributed by atoms with E-state index in [1.807, 2.05) is 24.3 Å². The van der Waals surface area contributed by atoms with Crippen molar-refractivity contribution in [2.24, 2.45) is 17.2 Å². The number of benzene rings is 2. The van der Waals surface area contributed by atoms with E-state index in [2.05, 4.69) is 17.4 Å².